The molecule has 0 bridgehead atoms. The number of anilines is 2. The van der Waals surface area contributed by atoms with Crippen LogP contribution in [0.25, 0.3) is 6.08 Å². The second kappa shape index (κ2) is 7.92. The van der Waals surface area contributed by atoms with Gasteiger partial charge in [-0.05, 0) is 42.8 Å². The zero-order chi connectivity index (χ0) is 20.3. The van der Waals surface area contributed by atoms with E-state index in [0.29, 0.717) is 5.69 Å². The van der Waals surface area contributed by atoms with E-state index < -0.39 is 17.8 Å². The van der Waals surface area contributed by atoms with Crippen LogP contribution in [0.15, 0.2) is 66.3 Å². The Morgan fingerprint density at radius 2 is 1.57 bits per heavy atom. The predicted octanol–water partition coefficient (Wildman–Crippen LogP) is 3.28. The molecule has 1 N–H and O–H groups in total. The standard InChI is InChI=1S/C22H21N3O3/c1-15-7-11-18(12-8-15)25-21(27)19(20(26)23-22(25)28)6-4-5-16-9-13-17(14-10-16)24(2)3/h4-14H,1-3H3,(H,23,26,28)/b5-4+,19-6-. The Balaban J connectivity index is 1.83. The number of rotatable bonds is 4. The molecule has 1 aliphatic rings. The summed E-state index contributed by atoms with van der Waals surface area (Å²) in [6.45, 7) is 1.91. The van der Waals surface area contributed by atoms with Crippen molar-refractivity contribution in [1.29, 1.82) is 0 Å². The van der Waals surface area contributed by atoms with Crippen LogP contribution in [0.3, 0.4) is 0 Å². The van der Waals surface area contributed by atoms with Crippen LogP contribution < -0.4 is 15.1 Å². The minimum absolute atomic E-state index is 0.0960. The molecule has 142 valence electrons. The fourth-order valence-electron chi connectivity index (χ4n) is 2.74. The zero-order valence-electron chi connectivity index (χ0n) is 16.0. The molecule has 6 nitrogen and oxygen atoms in total. The Bertz CT molecular complexity index is 971. The smallest absolute Gasteiger partial charge is 0.335 e. The second-order valence-corrected chi connectivity index (χ2v) is 6.66. The number of imide groups is 2. The van der Waals surface area contributed by atoms with Crippen LogP contribution >= 0.6 is 0 Å². The van der Waals surface area contributed by atoms with Gasteiger partial charge in [0, 0.05) is 19.8 Å². The molecule has 6 heteroatoms. The van der Waals surface area contributed by atoms with E-state index in [0.717, 1.165) is 21.7 Å². The van der Waals surface area contributed by atoms with E-state index >= 15 is 0 Å². The SMILES string of the molecule is Cc1ccc(N2C(=O)NC(=O)/C(=C/C=C/c3ccc(N(C)C)cc3)C2=O)cc1. The van der Waals surface area contributed by atoms with Crippen LogP contribution in [-0.2, 0) is 9.59 Å². The quantitative estimate of drug-likeness (QED) is 0.658. The lowest BCUT2D eigenvalue weighted by atomic mass is 10.1. The van der Waals surface area contributed by atoms with Gasteiger partial charge in [0.25, 0.3) is 11.8 Å². The summed E-state index contributed by atoms with van der Waals surface area (Å²) in [4.78, 5) is 40.0. The molecular weight excluding hydrogens is 354 g/mol. The highest BCUT2D eigenvalue weighted by molar-refractivity contribution is 6.37. The Kier molecular flexibility index (Phi) is 5.40. The van der Waals surface area contributed by atoms with Crippen LogP contribution in [0.4, 0.5) is 16.2 Å². The maximum absolute atomic E-state index is 12.7. The minimum Gasteiger partial charge on any atom is -0.378 e. The van der Waals surface area contributed by atoms with Crippen molar-refractivity contribution in [3.8, 4) is 0 Å². The molecule has 0 atom stereocenters. The lowest BCUT2D eigenvalue weighted by molar-refractivity contribution is -0.122. The van der Waals surface area contributed by atoms with E-state index in [4.69, 9.17) is 0 Å². The van der Waals surface area contributed by atoms with E-state index in [1.165, 1.54) is 6.08 Å². The molecule has 3 rings (SSSR count). The summed E-state index contributed by atoms with van der Waals surface area (Å²) in [6.07, 6.45) is 4.84. The fraction of sp³-hybridized carbons (Fsp3) is 0.136. The van der Waals surface area contributed by atoms with Gasteiger partial charge in [0.2, 0.25) is 0 Å². The van der Waals surface area contributed by atoms with Crippen molar-refractivity contribution in [2.24, 2.45) is 0 Å². The van der Waals surface area contributed by atoms with Gasteiger partial charge in [-0.1, -0.05) is 42.0 Å². The number of allylic oxidation sites excluding steroid dienone is 2. The number of nitrogens with zero attached hydrogens (tertiary/aromatic N) is 2. The van der Waals surface area contributed by atoms with Crippen molar-refractivity contribution in [3.63, 3.8) is 0 Å². The van der Waals surface area contributed by atoms with Crippen LogP contribution in [0.5, 0.6) is 0 Å². The molecule has 1 fully saturated rings. The number of hydrogen-bond acceptors (Lipinski definition) is 4. The molecule has 1 aliphatic heterocycles. The number of barbiturate groups is 1. The number of hydrogen-bond donors (Lipinski definition) is 1. The summed E-state index contributed by atoms with van der Waals surface area (Å²) >= 11 is 0. The summed E-state index contributed by atoms with van der Waals surface area (Å²) in [5, 5.41) is 2.21. The van der Waals surface area contributed by atoms with Crippen molar-refractivity contribution < 1.29 is 14.4 Å². The van der Waals surface area contributed by atoms with Crippen LogP contribution in [0.1, 0.15) is 11.1 Å². The zero-order valence-corrected chi connectivity index (χ0v) is 16.0. The number of amides is 4. The Labute approximate surface area is 163 Å². The van der Waals surface area contributed by atoms with Gasteiger partial charge in [-0.2, -0.15) is 0 Å². The molecule has 2 aromatic rings. The number of carbonyl (C=O) groups excluding carboxylic acids is 3. The number of urea groups is 1. The van der Waals surface area contributed by atoms with Gasteiger partial charge in [-0.3, -0.25) is 14.9 Å². The molecule has 2 aromatic carbocycles. The van der Waals surface area contributed by atoms with Gasteiger partial charge in [-0.15, -0.1) is 0 Å². The first-order valence-corrected chi connectivity index (χ1v) is 8.79. The maximum atomic E-state index is 12.7. The van der Waals surface area contributed by atoms with Gasteiger partial charge in [-0.25, -0.2) is 9.69 Å². The lowest BCUT2D eigenvalue weighted by Gasteiger charge is -2.26. The third-order valence-electron chi connectivity index (χ3n) is 4.35. The molecule has 28 heavy (non-hydrogen) atoms. The molecule has 0 radical (unpaired) electrons. The molecule has 0 spiro atoms. The first-order chi connectivity index (χ1) is 13.4. The molecule has 0 saturated carbocycles. The third kappa shape index (κ3) is 4.01. The maximum Gasteiger partial charge on any atom is 0.335 e. The largest absolute Gasteiger partial charge is 0.378 e. The topological polar surface area (TPSA) is 69.7 Å². The summed E-state index contributed by atoms with van der Waals surface area (Å²) < 4.78 is 0. The van der Waals surface area contributed by atoms with E-state index in [1.54, 1.807) is 36.4 Å². The van der Waals surface area contributed by atoms with E-state index in [9.17, 15) is 14.4 Å². The highest BCUT2D eigenvalue weighted by Gasteiger charge is 2.36. The molecule has 1 heterocycles. The second-order valence-electron chi connectivity index (χ2n) is 6.66. The van der Waals surface area contributed by atoms with Crippen molar-refractivity contribution in [3.05, 3.63) is 77.4 Å². The number of aryl methyl sites for hydroxylation is 1. The molecule has 4 amide bonds. The van der Waals surface area contributed by atoms with Gasteiger partial charge in [0.05, 0.1) is 5.69 Å². The normalized spacial score (nSPS) is 16.0. The van der Waals surface area contributed by atoms with Gasteiger partial charge < -0.3 is 4.90 Å². The van der Waals surface area contributed by atoms with Crippen LogP contribution in [-0.4, -0.2) is 31.9 Å². The predicted molar refractivity (Wildman–Crippen MR) is 110 cm³/mol. The number of benzene rings is 2. The molecule has 0 unspecified atom stereocenters. The fourth-order valence-corrected chi connectivity index (χ4v) is 2.74. The molecule has 0 aromatic heterocycles. The first kappa shape index (κ1) is 19.1. The summed E-state index contributed by atoms with van der Waals surface area (Å²) in [6, 6.07) is 14.0. The Morgan fingerprint density at radius 3 is 2.18 bits per heavy atom. The molecular formula is C22H21N3O3. The van der Waals surface area contributed by atoms with E-state index in [1.807, 2.05) is 50.2 Å². The Morgan fingerprint density at radius 1 is 0.929 bits per heavy atom. The van der Waals surface area contributed by atoms with Gasteiger partial charge >= 0.3 is 6.03 Å². The molecule has 0 aliphatic carbocycles. The van der Waals surface area contributed by atoms with Gasteiger partial charge in [0.15, 0.2) is 0 Å². The monoisotopic (exact) mass is 375 g/mol. The summed E-state index contributed by atoms with van der Waals surface area (Å²) in [5.41, 5.74) is 3.32. The van der Waals surface area contributed by atoms with Crippen LogP contribution in [0, 0.1) is 6.92 Å². The van der Waals surface area contributed by atoms with Gasteiger partial charge in [0.1, 0.15) is 5.57 Å². The average Bonchev–Trinajstić information content (AvgIpc) is 2.66. The first-order valence-electron chi connectivity index (χ1n) is 8.79. The van der Waals surface area contributed by atoms with Crippen LogP contribution in [0.2, 0.25) is 0 Å². The minimum atomic E-state index is -0.751. The highest BCUT2D eigenvalue weighted by atomic mass is 16.2. The summed E-state index contributed by atoms with van der Waals surface area (Å²) in [5.74, 6) is -1.35. The van der Waals surface area contributed by atoms with Crippen molar-refractivity contribution in [2.75, 3.05) is 23.9 Å². The Hall–Kier alpha value is -3.67. The van der Waals surface area contributed by atoms with E-state index in [2.05, 4.69) is 5.32 Å². The lowest BCUT2D eigenvalue weighted by Crippen LogP contribution is -2.54. The van der Waals surface area contributed by atoms with E-state index in [-0.39, 0.29) is 5.57 Å². The third-order valence-corrected chi connectivity index (χ3v) is 4.35. The number of carbonyl (C=O) groups is 3. The summed E-state index contributed by atoms with van der Waals surface area (Å²) in [7, 11) is 3.92. The van der Waals surface area contributed by atoms with Crippen molar-refractivity contribution in [2.45, 2.75) is 6.92 Å². The average molecular weight is 375 g/mol. The van der Waals surface area contributed by atoms with Crippen molar-refractivity contribution >= 4 is 35.3 Å². The number of nitrogens with one attached hydrogen (secondary N) is 1. The highest BCUT2D eigenvalue weighted by Crippen LogP contribution is 2.21. The molecule has 1 saturated heterocycles. The van der Waals surface area contributed by atoms with Crippen molar-refractivity contribution in [1.82, 2.24) is 5.32 Å².